The Bertz CT molecular complexity index is 1020. The van der Waals surface area contributed by atoms with Crippen LogP contribution in [0.4, 0.5) is 0 Å². The zero-order valence-electron chi connectivity index (χ0n) is 36.1. The smallest absolute Gasteiger partial charge is 0.463 e. The highest BCUT2D eigenvalue weighted by molar-refractivity contribution is 7.47. The second kappa shape index (κ2) is 42.8. The lowest BCUT2D eigenvalue weighted by Crippen LogP contribution is -2.27. The highest BCUT2D eigenvalue weighted by Crippen LogP contribution is 2.42. The number of allylic oxidation sites excluding steroid dienone is 6. The molecule has 0 radical (unpaired) electrons. The molecule has 56 heavy (non-hydrogen) atoms. The van der Waals surface area contributed by atoms with Crippen molar-refractivity contribution < 1.29 is 37.9 Å². The van der Waals surface area contributed by atoms with Gasteiger partial charge in [-0.2, -0.15) is 0 Å². The summed E-state index contributed by atoms with van der Waals surface area (Å²) in [6.45, 7) is 3.51. The van der Waals surface area contributed by atoms with E-state index < -0.39 is 26.5 Å². The molecule has 9 nitrogen and oxygen atoms in total. The Morgan fingerprint density at radius 1 is 0.554 bits per heavy atom. The van der Waals surface area contributed by atoms with E-state index >= 15 is 0 Å². The van der Waals surface area contributed by atoms with Gasteiger partial charge in [-0.3, -0.25) is 18.6 Å². The zero-order chi connectivity index (χ0) is 41.1. The number of hydrogen-bond donors (Lipinski definition) is 3. The highest BCUT2D eigenvalue weighted by atomic mass is 31.2. The molecule has 0 aromatic heterocycles. The Morgan fingerprint density at radius 3 is 1.50 bits per heavy atom. The summed E-state index contributed by atoms with van der Waals surface area (Å²) in [6.07, 6.45) is 47.9. The van der Waals surface area contributed by atoms with Crippen LogP contribution in [0.2, 0.25) is 0 Å². The van der Waals surface area contributed by atoms with E-state index in [1.54, 1.807) is 0 Å². The lowest BCUT2D eigenvalue weighted by atomic mass is 10.0. The van der Waals surface area contributed by atoms with Gasteiger partial charge in [0.15, 0.2) is 0 Å². The average Bonchev–Trinajstić information content (AvgIpc) is 3.18. The number of unbranched alkanes of at least 4 members (excludes halogenated alkanes) is 24. The first-order chi connectivity index (χ1) is 27.3. The molecule has 328 valence electrons. The third kappa shape index (κ3) is 43.4. The maximum atomic E-state index is 12.1. The summed E-state index contributed by atoms with van der Waals surface area (Å²) in [4.78, 5) is 33.9. The van der Waals surface area contributed by atoms with Crippen LogP contribution >= 0.6 is 7.82 Å². The van der Waals surface area contributed by atoms with Crippen LogP contribution in [0, 0.1) is 0 Å². The minimum absolute atomic E-state index is 0.0803. The molecule has 10 heteroatoms. The zero-order valence-corrected chi connectivity index (χ0v) is 37.0. The van der Waals surface area contributed by atoms with Gasteiger partial charge < -0.3 is 20.1 Å². The number of hydrogen-bond acceptors (Lipinski definition) is 7. The summed E-state index contributed by atoms with van der Waals surface area (Å²) in [5.74, 6) is -0.528. The average molecular weight is 812 g/mol. The molecule has 0 aliphatic rings. The van der Waals surface area contributed by atoms with E-state index in [1.807, 2.05) is 0 Å². The van der Waals surface area contributed by atoms with Gasteiger partial charge in [-0.25, -0.2) is 4.57 Å². The Kier molecular flexibility index (Phi) is 41.5. The molecule has 3 N–H and O–H groups in total. The quantitative estimate of drug-likeness (QED) is 0.0240. The number of aliphatic hydroxyl groups is 1. The predicted octanol–water partition coefficient (Wildman–Crippen LogP) is 12.9. The van der Waals surface area contributed by atoms with E-state index in [-0.39, 0.29) is 32.1 Å². The fourth-order valence-electron chi connectivity index (χ4n) is 6.27. The van der Waals surface area contributed by atoms with Crippen molar-refractivity contribution in [3.05, 3.63) is 36.5 Å². The van der Waals surface area contributed by atoms with Crippen LogP contribution in [0.25, 0.3) is 0 Å². The molecule has 0 aliphatic carbocycles. The summed E-state index contributed by atoms with van der Waals surface area (Å²) >= 11 is 0. The summed E-state index contributed by atoms with van der Waals surface area (Å²) in [6, 6.07) is 0. The van der Waals surface area contributed by atoms with Gasteiger partial charge in [0.25, 0.3) is 0 Å². The molecule has 0 aromatic rings. The van der Waals surface area contributed by atoms with Crippen LogP contribution in [0.3, 0.4) is 0 Å². The number of nitrogens with one attached hydrogen (secondary N) is 1. The Hall–Kier alpha value is -1.77. The molecule has 0 saturated carbocycles. The van der Waals surface area contributed by atoms with Gasteiger partial charge in [0.05, 0.1) is 13.2 Å². The number of phosphoric ester groups is 1. The molecule has 2 atom stereocenters. The van der Waals surface area contributed by atoms with Gasteiger partial charge in [0, 0.05) is 19.4 Å². The second-order valence-electron chi connectivity index (χ2n) is 15.4. The molecule has 0 fully saturated rings. The molecule has 0 aliphatic heterocycles. The molecule has 0 heterocycles. The molecule has 0 bridgehead atoms. The minimum Gasteiger partial charge on any atom is -0.463 e. The Balaban J connectivity index is 3.57. The van der Waals surface area contributed by atoms with E-state index in [9.17, 15) is 24.2 Å². The number of rotatable bonds is 43. The Labute approximate surface area is 343 Å². The van der Waals surface area contributed by atoms with Crippen LogP contribution in [-0.2, 0) is 27.9 Å². The van der Waals surface area contributed by atoms with Crippen molar-refractivity contribution in [2.45, 2.75) is 219 Å². The molecule has 1 amide bonds. The predicted molar refractivity (Wildman–Crippen MR) is 234 cm³/mol. The largest absolute Gasteiger partial charge is 0.472 e. The monoisotopic (exact) mass is 812 g/mol. The first kappa shape index (κ1) is 54.2. The lowest BCUT2D eigenvalue weighted by molar-refractivity contribution is -0.147. The molecule has 0 rings (SSSR count). The van der Waals surface area contributed by atoms with Crippen LogP contribution in [0.15, 0.2) is 36.5 Å². The first-order valence-electron chi connectivity index (χ1n) is 23.0. The van der Waals surface area contributed by atoms with Crippen LogP contribution < -0.4 is 5.32 Å². The number of ether oxygens (including phenoxy) is 1. The number of carbonyl (C=O) groups excluding carboxylic acids is 2. The van der Waals surface area contributed by atoms with Gasteiger partial charge in [0.2, 0.25) is 5.91 Å². The Morgan fingerprint density at radius 2 is 0.982 bits per heavy atom. The van der Waals surface area contributed by atoms with Crippen LogP contribution in [0.5, 0.6) is 0 Å². The van der Waals surface area contributed by atoms with E-state index in [2.05, 4.69) is 55.6 Å². The summed E-state index contributed by atoms with van der Waals surface area (Å²) < 4.78 is 26.9. The molecular formula is C46H86NO8P. The third-order valence-electron chi connectivity index (χ3n) is 9.79. The minimum atomic E-state index is -4.42. The molecule has 2 unspecified atom stereocenters. The second-order valence-corrected chi connectivity index (χ2v) is 16.8. The van der Waals surface area contributed by atoms with Gasteiger partial charge in [-0.05, 0) is 64.2 Å². The van der Waals surface area contributed by atoms with Crippen LogP contribution in [0.1, 0.15) is 213 Å². The molecule has 0 saturated heterocycles. The van der Waals surface area contributed by atoms with Gasteiger partial charge in [-0.1, -0.05) is 172 Å². The lowest BCUT2D eigenvalue weighted by Gasteiger charge is -2.15. The van der Waals surface area contributed by atoms with Gasteiger partial charge in [-0.15, -0.1) is 0 Å². The SMILES string of the molecule is CCCC/C=C\C/C=C\CCCCCCCC(=O)OCC(O)COP(=O)(O)OCCNC(=O)CCCCCCCCCCCCC/C=C/CCCCCCCC. The summed E-state index contributed by atoms with van der Waals surface area (Å²) in [7, 11) is -4.42. The normalized spacial score (nSPS) is 13.6. The molecular weight excluding hydrogens is 725 g/mol. The number of phosphoric acid groups is 1. The van der Waals surface area contributed by atoms with Crippen molar-refractivity contribution in [3.63, 3.8) is 0 Å². The molecule has 0 aromatic carbocycles. The standard InChI is InChI=1S/C46H86NO8P/c1-3-5-7-9-11-13-15-17-19-20-21-22-23-24-25-26-28-30-32-34-36-38-45(49)47-40-41-54-56(51,52)55-43-44(48)42-53-46(50)39-37-35-33-31-29-27-18-16-14-12-10-8-6-4-2/h10,12,16-19,44,48H,3-9,11,13-15,20-43H2,1-2H3,(H,47,49)(H,51,52)/b12-10-,18-16-,19-17+. The van der Waals surface area contributed by atoms with Gasteiger partial charge in [0.1, 0.15) is 12.7 Å². The number of carbonyl (C=O) groups is 2. The highest BCUT2D eigenvalue weighted by Gasteiger charge is 2.23. The molecule has 0 spiro atoms. The van der Waals surface area contributed by atoms with E-state index in [0.29, 0.717) is 6.42 Å². The fourth-order valence-corrected chi connectivity index (χ4v) is 7.03. The topological polar surface area (TPSA) is 131 Å². The fraction of sp³-hybridized carbons (Fsp3) is 0.826. The van der Waals surface area contributed by atoms with Crippen molar-refractivity contribution >= 4 is 19.7 Å². The van der Waals surface area contributed by atoms with Crippen molar-refractivity contribution in [2.75, 3.05) is 26.4 Å². The van der Waals surface area contributed by atoms with Crippen LogP contribution in [-0.4, -0.2) is 54.3 Å². The van der Waals surface area contributed by atoms with Crippen molar-refractivity contribution in [3.8, 4) is 0 Å². The summed E-state index contributed by atoms with van der Waals surface area (Å²) in [5.41, 5.74) is 0. The number of amides is 1. The maximum absolute atomic E-state index is 12.1. The number of aliphatic hydroxyl groups excluding tert-OH is 1. The van der Waals surface area contributed by atoms with Crippen molar-refractivity contribution in [1.82, 2.24) is 5.32 Å². The van der Waals surface area contributed by atoms with Crippen molar-refractivity contribution in [1.29, 1.82) is 0 Å². The third-order valence-corrected chi connectivity index (χ3v) is 10.8. The summed E-state index contributed by atoms with van der Waals surface area (Å²) in [5, 5.41) is 12.7. The maximum Gasteiger partial charge on any atom is 0.472 e. The van der Waals surface area contributed by atoms with Crippen molar-refractivity contribution in [2.24, 2.45) is 0 Å². The van der Waals surface area contributed by atoms with E-state index in [0.717, 1.165) is 70.6 Å². The van der Waals surface area contributed by atoms with E-state index in [4.69, 9.17) is 13.8 Å². The first-order valence-corrected chi connectivity index (χ1v) is 24.5. The number of esters is 1. The van der Waals surface area contributed by atoms with Gasteiger partial charge >= 0.3 is 13.8 Å². The van der Waals surface area contributed by atoms with E-state index in [1.165, 1.54) is 116 Å².